The first-order valence-electron chi connectivity index (χ1n) is 6.39. The molecule has 0 saturated carbocycles. The van der Waals surface area contributed by atoms with Crippen molar-refractivity contribution < 1.29 is 0 Å². The Morgan fingerprint density at radius 3 is 2.55 bits per heavy atom. The van der Waals surface area contributed by atoms with Crippen molar-refractivity contribution in [3.8, 4) is 10.7 Å². The molecule has 0 atom stereocenters. The second-order valence-corrected chi connectivity index (χ2v) is 7.61. The summed E-state index contributed by atoms with van der Waals surface area (Å²) >= 11 is 11.2. The third-order valence-electron chi connectivity index (χ3n) is 2.69. The standard InChI is InChI=1S/C14H17BrClN3S/c1-5-17-13-10(15)11(14(2,3)4)18-12(19-13)9-6-8(16)7-20-9/h6-7H,5H2,1-4H3,(H,17,18,19). The summed E-state index contributed by atoms with van der Waals surface area (Å²) in [6.45, 7) is 9.28. The predicted molar refractivity (Wildman–Crippen MR) is 90.9 cm³/mol. The van der Waals surface area contributed by atoms with Gasteiger partial charge in [0.25, 0.3) is 0 Å². The molecule has 2 aromatic rings. The van der Waals surface area contributed by atoms with Crippen molar-refractivity contribution >= 4 is 44.7 Å². The van der Waals surface area contributed by atoms with Gasteiger partial charge >= 0.3 is 0 Å². The molecule has 0 fully saturated rings. The van der Waals surface area contributed by atoms with Gasteiger partial charge < -0.3 is 5.32 Å². The Balaban J connectivity index is 2.61. The minimum absolute atomic E-state index is 0.0677. The third-order valence-corrected chi connectivity index (χ3v) is 4.72. The summed E-state index contributed by atoms with van der Waals surface area (Å²) in [7, 11) is 0. The van der Waals surface area contributed by atoms with Gasteiger partial charge in [0.05, 0.1) is 20.1 Å². The van der Waals surface area contributed by atoms with E-state index in [1.54, 1.807) is 11.3 Å². The van der Waals surface area contributed by atoms with E-state index in [0.29, 0.717) is 5.82 Å². The lowest BCUT2D eigenvalue weighted by Crippen LogP contribution is -2.17. The minimum Gasteiger partial charge on any atom is -0.369 e. The molecule has 0 aliphatic rings. The molecule has 0 amide bonds. The summed E-state index contributed by atoms with van der Waals surface area (Å²) in [5.74, 6) is 1.54. The van der Waals surface area contributed by atoms with E-state index in [1.165, 1.54) is 0 Å². The predicted octanol–water partition coefficient (Wildman–Crippen LogP) is 5.35. The van der Waals surface area contributed by atoms with Crippen LogP contribution in [0.1, 0.15) is 33.4 Å². The summed E-state index contributed by atoms with van der Waals surface area (Å²) < 4.78 is 0.929. The first-order chi connectivity index (χ1) is 9.32. The van der Waals surface area contributed by atoms with E-state index >= 15 is 0 Å². The molecule has 0 radical (unpaired) electrons. The summed E-state index contributed by atoms with van der Waals surface area (Å²) in [6.07, 6.45) is 0. The molecule has 2 aromatic heterocycles. The van der Waals surface area contributed by atoms with E-state index in [1.807, 2.05) is 18.4 Å². The molecule has 0 aliphatic carbocycles. The second-order valence-electron chi connectivity index (χ2n) is 5.47. The molecule has 3 nitrogen and oxygen atoms in total. The maximum absolute atomic E-state index is 6.00. The SMILES string of the molecule is CCNc1nc(-c2cc(Cl)cs2)nc(C(C)(C)C)c1Br. The van der Waals surface area contributed by atoms with Gasteiger partial charge in [0.2, 0.25) is 0 Å². The number of hydrogen-bond donors (Lipinski definition) is 1. The van der Waals surface area contributed by atoms with Gasteiger partial charge in [-0.2, -0.15) is 0 Å². The smallest absolute Gasteiger partial charge is 0.172 e. The highest BCUT2D eigenvalue weighted by molar-refractivity contribution is 9.10. The number of nitrogens with one attached hydrogen (secondary N) is 1. The first kappa shape index (κ1) is 15.7. The van der Waals surface area contributed by atoms with Gasteiger partial charge in [0, 0.05) is 17.3 Å². The second kappa shape index (κ2) is 6.00. The normalized spacial score (nSPS) is 11.7. The van der Waals surface area contributed by atoms with Gasteiger partial charge in [-0.25, -0.2) is 9.97 Å². The molecule has 108 valence electrons. The Bertz CT molecular complexity index is 619. The zero-order valence-electron chi connectivity index (χ0n) is 11.9. The van der Waals surface area contributed by atoms with Crippen LogP contribution in [-0.2, 0) is 5.41 Å². The largest absolute Gasteiger partial charge is 0.369 e. The lowest BCUT2D eigenvalue weighted by Gasteiger charge is -2.21. The lowest BCUT2D eigenvalue weighted by atomic mass is 9.92. The molecule has 2 rings (SSSR count). The first-order valence-corrected chi connectivity index (χ1v) is 8.44. The lowest BCUT2D eigenvalue weighted by molar-refractivity contribution is 0.564. The molecule has 0 aromatic carbocycles. The topological polar surface area (TPSA) is 37.8 Å². The average Bonchev–Trinajstić information content (AvgIpc) is 2.77. The molecule has 1 N–H and O–H groups in total. The number of thiophene rings is 1. The number of anilines is 1. The minimum atomic E-state index is -0.0677. The molecule has 0 saturated heterocycles. The van der Waals surface area contributed by atoms with Crippen LogP contribution >= 0.6 is 38.9 Å². The van der Waals surface area contributed by atoms with Crippen LogP contribution in [0.5, 0.6) is 0 Å². The van der Waals surface area contributed by atoms with Crippen molar-refractivity contribution in [2.45, 2.75) is 33.1 Å². The van der Waals surface area contributed by atoms with Crippen LogP contribution in [0.15, 0.2) is 15.9 Å². The monoisotopic (exact) mass is 373 g/mol. The van der Waals surface area contributed by atoms with Gasteiger partial charge in [0.15, 0.2) is 5.82 Å². The molecule has 0 spiro atoms. The van der Waals surface area contributed by atoms with Crippen molar-refractivity contribution in [1.82, 2.24) is 9.97 Å². The Hall–Kier alpha value is -0.650. The summed E-state index contributed by atoms with van der Waals surface area (Å²) in [6, 6.07) is 1.90. The van der Waals surface area contributed by atoms with Crippen molar-refractivity contribution in [2.24, 2.45) is 0 Å². The van der Waals surface area contributed by atoms with Gasteiger partial charge in [-0.15, -0.1) is 11.3 Å². The van der Waals surface area contributed by atoms with Crippen LogP contribution < -0.4 is 5.32 Å². The number of halogens is 2. The summed E-state index contributed by atoms with van der Waals surface area (Å²) in [5, 5.41) is 5.89. The van der Waals surface area contributed by atoms with Crippen LogP contribution in [0.4, 0.5) is 5.82 Å². The van der Waals surface area contributed by atoms with Crippen LogP contribution in [0.2, 0.25) is 5.02 Å². The molecule has 0 unspecified atom stereocenters. The maximum atomic E-state index is 6.00. The van der Waals surface area contributed by atoms with E-state index in [9.17, 15) is 0 Å². The van der Waals surface area contributed by atoms with Crippen molar-refractivity contribution in [3.63, 3.8) is 0 Å². The Morgan fingerprint density at radius 1 is 1.35 bits per heavy atom. The number of hydrogen-bond acceptors (Lipinski definition) is 4. The number of rotatable bonds is 3. The van der Waals surface area contributed by atoms with Gasteiger partial charge in [-0.05, 0) is 28.9 Å². The molecule has 20 heavy (non-hydrogen) atoms. The zero-order valence-corrected chi connectivity index (χ0v) is 15.1. The molecular formula is C14H17BrClN3S. The molecule has 2 heterocycles. The van der Waals surface area contributed by atoms with E-state index < -0.39 is 0 Å². The van der Waals surface area contributed by atoms with E-state index in [4.69, 9.17) is 16.6 Å². The fourth-order valence-corrected chi connectivity index (χ4v) is 3.69. The summed E-state index contributed by atoms with van der Waals surface area (Å²) in [4.78, 5) is 10.3. The van der Waals surface area contributed by atoms with Gasteiger partial charge in [0.1, 0.15) is 5.82 Å². The highest BCUT2D eigenvalue weighted by Crippen LogP contribution is 2.36. The quantitative estimate of drug-likeness (QED) is 0.787. The van der Waals surface area contributed by atoms with E-state index in [0.717, 1.165) is 32.4 Å². The average molecular weight is 375 g/mol. The molecule has 0 aliphatic heterocycles. The van der Waals surface area contributed by atoms with Crippen LogP contribution in [-0.4, -0.2) is 16.5 Å². The van der Waals surface area contributed by atoms with E-state index in [-0.39, 0.29) is 5.41 Å². The van der Waals surface area contributed by atoms with Crippen molar-refractivity contribution in [3.05, 3.63) is 26.6 Å². The van der Waals surface area contributed by atoms with Gasteiger partial charge in [-0.3, -0.25) is 0 Å². The number of nitrogens with zero attached hydrogens (tertiary/aromatic N) is 2. The fraction of sp³-hybridized carbons (Fsp3) is 0.429. The Kier molecular flexibility index (Phi) is 4.72. The fourth-order valence-electron chi connectivity index (χ4n) is 1.77. The molecule has 6 heteroatoms. The molecular weight excluding hydrogens is 358 g/mol. The maximum Gasteiger partial charge on any atom is 0.172 e. The molecule has 0 bridgehead atoms. The van der Waals surface area contributed by atoms with Gasteiger partial charge in [-0.1, -0.05) is 32.4 Å². The van der Waals surface area contributed by atoms with E-state index in [2.05, 4.69) is 47.0 Å². The van der Waals surface area contributed by atoms with Crippen LogP contribution in [0.25, 0.3) is 10.7 Å². The zero-order chi connectivity index (χ0) is 14.9. The van der Waals surface area contributed by atoms with Crippen molar-refractivity contribution in [2.75, 3.05) is 11.9 Å². The highest BCUT2D eigenvalue weighted by Gasteiger charge is 2.23. The highest BCUT2D eigenvalue weighted by atomic mass is 79.9. The Labute approximate surface area is 136 Å². The summed E-state index contributed by atoms with van der Waals surface area (Å²) in [5.41, 5.74) is 0.921. The van der Waals surface area contributed by atoms with Crippen LogP contribution in [0.3, 0.4) is 0 Å². The van der Waals surface area contributed by atoms with Crippen LogP contribution in [0, 0.1) is 0 Å². The Morgan fingerprint density at radius 2 is 2.05 bits per heavy atom. The van der Waals surface area contributed by atoms with Crippen molar-refractivity contribution in [1.29, 1.82) is 0 Å². The third kappa shape index (κ3) is 3.32. The number of aromatic nitrogens is 2.